The third-order valence-corrected chi connectivity index (χ3v) is 7.92. The van der Waals surface area contributed by atoms with E-state index in [-0.39, 0.29) is 6.04 Å². The number of anilines is 3. The highest BCUT2D eigenvalue weighted by Crippen LogP contribution is 2.38. The lowest BCUT2D eigenvalue weighted by Crippen LogP contribution is -2.25. The molecular weight excluding hydrogens is 570 g/mol. The van der Waals surface area contributed by atoms with Crippen molar-refractivity contribution in [2.45, 2.75) is 32.7 Å². The van der Waals surface area contributed by atoms with Gasteiger partial charge in [-0.25, -0.2) is 9.78 Å². The molecule has 1 aliphatic carbocycles. The van der Waals surface area contributed by atoms with Gasteiger partial charge in [0.25, 0.3) is 5.91 Å². The minimum absolute atomic E-state index is 0.243. The average Bonchev–Trinajstić information content (AvgIpc) is 3.42. The van der Waals surface area contributed by atoms with Crippen LogP contribution >= 0.6 is 11.6 Å². The highest BCUT2D eigenvalue weighted by Gasteiger charge is 2.28. The van der Waals surface area contributed by atoms with E-state index in [9.17, 15) is 9.59 Å². The topological polar surface area (TPSA) is 71.5 Å². The number of carbonyl (C=O) groups is 2. The lowest BCUT2D eigenvalue weighted by molar-refractivity contribution is -0.119. The highest BCUT2D eigenvalue weighted by molar-refractivity contribution is 6.30. The zero-order valence-electron chi connectivity index (χ0n) is 24.6. The monoisotopic (exact) mass is 601 g/mol. The summed E-state index contributed by atoms with van der Waals surface area (Å²) in [5, 5.41) is 4.24. The van der Waals surface area contributed by atoms with Crippen molar-refractivity contribution in [2.75, 3.05) is 16.8 Å². The van der Waals surface area contributed by atoms with Crippen LogP contribution < -0.4 is 10.2 Å². The number of allylic oxidation sites excluding steroid dienone is 1. The molecule has 1 aliphatic rings. The highest BCUT2D eigenvalue weighted by atomic mass is 35.5. The Morgan fingerprint density at radius 1 is 0.886 bits per heavy atom. The molecule has 7 heteroatoms. The fraction of sp³-hybridized carbons (Fsp3) is 0.162. The van der Waals surface area contributed by atoms with E-state index in [2.05, 4.69) is 42.3 Å². The van der Waals surface area contributed by atoms with Crippen molar-refractivity contribution in [3.63, 3.8) is 0 Å². The van der Waals surface area contributed by atoms with Crippen LogP contribution in [0.1, 0.15) is 47.4 Å². The van der Waals surface area contributed by atoms with Crippen LogP contribution in [0.25, 0.3) is 22.6 Å². The summed E-state index contributed by atoms with van der Waals surface area (Å²) in [7, 11) is 0. The van der Waals surface area contributed by atoms with Gasteiger partial charge in [0.1, 0.15) is 0 Å². The van der Waals surface area contributed by atoms with Crippen LogP contribution in [0.4, 0.5) is 17.1 Å². The Morgan fingerprint density at radius 2 is 1.57 bits per heavy atom. The van der Waals surface area contributed by atoms with E-state index in [1.54, 1.807) is 0 Å². The molecule has 0 unspecified atom stereocenters. The zero-order valence-corrected chi connectivity index (χ0v) is 25.3. The van der Waals surface area contributed by atoms with Crippen molar-refractivity contribution < 1.29 is 14.3 Å². The lowest BCUT2D eigenvalue weighted by atomic mass is 10.0. The molecule has 0 aliphatic heterocycles. The molecule has 6 nitrogen and oxygen atoms in total. The van der Waals surface area contributed by atoms with Gasteiger partial charge in [0, 0.05) is 33.5 Å². The van der Waals surface area contributed by atoms with E-state index in [1.807, 2.05) is 91.0 Å². The number of pyridine rings is 1. The molecule has 220 valence electrons. The smallest absolute Gasteiger partial charge is 0.339 e. The molecule has 0 bridgehead atoms. The van der Waals surface area contributed by atoms with Gasteiger partial charge < -0.3 is 15.0 Å². The number of fused-ring (bicyclic) bond motifs is 2. The Labute approximate surface area is 262 Å². The summed E-state index contributed by atoms with van der Waals surface area (Å²) in [4.78, 5) is 33.5. The predicted octanol–water partition coefficient (Wildman–Crippen LogP) is 8.72. The summed E-state index contributed by atoms with van der Waals surface area (Å²) in [6.07, 6.45) is 3.49. The van der Waals surface area contributed by atoms with Crippen molar-refractivity contribution in [3.05, 3.63) is 131 Å². The molecule has 0 atom stereocenters. The van der Waals surface area contributed by atoms with Gasteiger partial charge in [-0.2, -0.15) is 0 Å². The molecule has 1 heterocycles. The van der Waals surface area contributed by atoms with E-state index in [0.717, 1.165) is 40.2 Å². The number of esters is 1. The van der Waals surface area contributed by atoms with E-state index in [4.69, 9.17) is 21.3 Å². The summed E-state index contributed by atoms with van der Waals surface area (Å²) < 4.78 is 5.59. The Balaban J connectivity index is 1.17. The van der Waals surface area contributed by atoms with Gasteiger partial charge >= 0.3 is 5.97 Å². The predicted molar refractivity (Wildman–Crippen MR) is 178 cm³/mol. The number of nitrogens with one attached hydrogen (secondary N) is 1. The van der Waals surface area contributed by atoms with Crippen LogP contribution in [0.2, 0.25) is 5.02 Å². The summed E-state index contributed by atoms with van der Waals surface area (Å²) >= 11 is 6.06. The van der Waals surface area contributed by atoms with E-state index in [0.29, 0.717) is 33.6 Å². The third kappa shape index (κ3) is 6.21. The average molecular weight is 602 g/mol. The van der Waals surface area contributed by atoms with E-state index in [1.165, 1.54) is 0 Å². The number of nitrogens with zero attached hydrogens (tertiary/aromatic N) is 2. The third-order valence-electron chi connectivity index (χ3n) is 7.67. The summed E-state index contributed by atoms with van der Waals surface area (Å²) in [6.45, 7) is 3.87. The minimum Gasteiger partial charge on any atom is -0.452 e. The van der Waals surface area contributed by atoms with Crippen LogP contribution in [0.3, 0.4) is 0 Å². The molecule has 1 amide bonds. The van der Waals surface area contributed by atoms with Crippen molar-refractivity contribution in [1.82, 2.24) is 4.98 Å². The molecule has 0 radical (unpaired) electrons. The Morgan fingerprint density at radius 3 is 2.30 bits per heavy atom. The molecule has 1 N–H and O–H groups in total. The number of ether oxygens (including phenoxy) is 1. The molecule has 0 fully saturated rings. The molecule has 0 saturated heterocycles. The van der Waals surface area contributed by atoms with Crippen molar-refractivity contribution in [1.29, 1.82) is 0 Å². The van der Waals surface area contributed by atoms with Crippen molar-refractivity contribution in [2.24, 2.45) is 0 Å². The molecular formula is C37H32ClN3O3. The lowest BCUT2D eigenvalue weighted by Gasteiger charge is -2.29. The number of amides is 1. The number of benzene rings is 4. The number of aromatic nitrogens is 1. The van der Waals surface area contributed by atoms with Gasteiger partial charge in [0.15, 0.2) is 6.61 Å². The second-order valence-electron chi connectivity index (χ2n) is 11.0. The van der Waals surface area contributed by atoms with Crippen molar-refractivity contribution >= 4 is 63.1 Å². The second kappa shape index (κ2) is 12.7. The van der Waals surface area contributed by atoms with Gasteiger partial charge in [0.05, 0.1) is 16.8 Å². The van der Waals surface area contributed by atoms with E-state index >= 15 is 0 Å². The molecule has 6 rings (SSSR count). The molecule has 44 heavy (non-hydrogen) atoms. The zero-order chi connectivity index (χ0) is 30.6. The second-order valence-corrected chi connectivity index (χ2v) is 11.5. The van der Waals surface area contributed by atoms with Crippen molar-refractivity contribution in [3.8, 4) is 0 Å². The molecule has 0 spiro atoms. The molecule has 1 aromatic heterocycles. The molecule has 5 aromatic rings. The number of para-hydroxylation sites is 2. The fourth-order valence-electron chi connectivity index (χ4n) is 5.71. The minimum atomic E-state index is -0.534. The first-order chi connectivity index (χ1) is 21.4. The maximum atomic E-state index is 13.5. The first kappa shape index (κ1) is 29.1. The van der Waals surface area contributed by atoms with E-state index < -0.39 is 18.5 Å². The Kier molecular flexibility index (Phi) is 8.44. The van der Waals surface area contributed by atoms with Gasteiger partial charge in [-0.3, -0.25) is 4.79 Å². The number of carbonyl (C=O) groups excluding carboxylic acids is 2. The molecule has 4 aromatic carbocycles. The Hall–Kier alpha value is -4.94. The number of hydrogen-bond acceptors (Lipinski definition) is 5. The largest absolute Gasteiger partial charge is 0.452 e. The maximum Gasteiger partial charge on any atom is 0.339 e. The van der Waals surface area contributed by atoms with Crippen LogP contribution in [-0.4, -0.2) is 29.5 Å². The standard InChI is InChI=1S/C37H32ClN3O3/c1-24(2)41(29-8-4-3-5-9-29)30-19-17-28(18-20-30)39-34(42)23-44-37(43)35-31-10-6-7-11-33(31)40-36-26(14-21-32(35)36)22-25-12-15-27(38)16-13-25/h3-13,15-20,22,24H,14,21,23H2,1-2H3,(H,39,42). The summed E-state index contributed by atoms with van der Waals surface area (Å²) in [5.41, 5.74) is 7.60. The van der Waals surface area contributed by atoms with Crippen LogP contribution in [-0.2, 0) is 16.0 Å². The van der Waals surface area contributed by atoms with Gasteiger partial charge in [0.2, 0.25) is 0 Å². The maximum absolute atomic E-state index is 13.5. The quantitative estimate of drug-likeness (QED) is 0.180. The number of halogens is 1. The number of hydrogen-bond donors (Lipinski definition) is 1. The fourth-order valence-corrected chi connectivity index (χ4v) is 5.84. The first-order valence-corrected chi connectivity index (χ1v) is 15.0. The van der Waals surface area contributed by atoms with Crippen LogP contribution in [0, 0.1) is 0 Å². The SMILES string of the molecule is CC(C)N(c1ccccc1)c1ccc(NC(=O)COC(=O)c2c3c(nc4ccccc24)C(=Cc2ccc(Cl)cc2)CC3)cc1. The summed E-state index contributed by atoms with van der Waals surface area (Å²) in [5.74, 6) is -0.943. The van der Waals surface area contributed by atoms with Crippen LogP contribution in [0.15, 0.2) is 103 Å². The van der Waals surface area contributed by atoms with Gasteiger partial charge in [-0.05, 0) is 104 Å². The molecule has 0 saturated carbocycles. The van der Waals surface area contributed by atoms with Gasteiger partial charge in [-0.15, -0.1) is 0 Å². The van der Waals surface area contributed by atoms with Gasteiger partial charge in [-0.1, -0.05) is 60.1 Å². The van der Waals surface area contributed by atoms with Crippen LogP contribution in [0.5, 0.6) is 0 Å². The summed E-state index contributed by atoms with van der Waals surface area (Å²) in [6, 6.07) is 33.2. The first-order valence-electron chi connectivity index (χ1n) is 14.7. The Bertz CT molecular complexity index is 1850. The number of rotatable bonds is 8. The normalized spacial score (nSPS) is 13.2.